The number of aliphatic carboxylic acids is 1. The molecule has 1 N–H and O–H groups in total. The Hall–Kier alpha value is -2.17. The molecule has 0 bridgehead atoms. The predicted molar refractivity (Wildman–Crippen MR) is 113 cm³/mol. The van der Waals surface area contributed by atoms with Gasteiger partial charge in [0, 0.05) is 5.56 Å². The maximum Gasteiger partial charge on any atom is 0.338 e. The molecule has 0 aliphatic carbocycles. The maximum atomic E-state index is 11.0. The van der Waals surface area contributed by atoms with Gasteiger partial charge in [-0.05, 0) is 30.4 Å². The highest BCUT2D eigenvalue weighted by atomic mass is 16.6. The fraction of sp³-hybridized carbons (Fsp3) is 0.458. The van der Waals surface area contributed by atoms with Crippen LogP contribution in [0.3, 0.4) is 0 Å². The van der Waals surface area contributed by atoms with E-state index >= 15 is 0 Å². The van der Waals surface area contributed by atoms with Crippen molar-refractivity contribution in [3.8, 4) is 0 Å². The number of quaternary nitrogens is 1. The molecule has 1 saturated heterocycles. The molecule has 0 radical (unpaired) electrons. The second-order valence-electron chi connectivity index (χ2n) is 9.18. The zero-order chi connectivity index (χ0) is 20.9. The minimum atomic E-state index is -1.03. The van der Waals surface area contributed by atoms with E-state index in [0.717, 1.165) is 23.0 Å². The van der Waals surface area contributed by atoms with Crippen LogP contribution in [0.2, 0.25) is 0 Å². The smallest absolute Gasteiger partial charge is 0.338 e. The van der Waals surface area contributed by atoms with Crippen LogP contribution in [0.4, 0.5) is 0 Å². The molecular formula is C24H34NO3+. The van der Waals surface area contributed by atoms with Gasteiger partial charge in [0.05, 0.1) is 21.1 Å². The van der Waals surface area contributed by atoms with Crippen molar-refractivity contribution in [1.82, 2.24) is 0 Å². The van der Waals surface area contributed by atoms with Gasteiger partial charge in [0.25, 0.3) is 0 Å². The Balaban J connectivity index is 0.000000221. The molecular weight excluding hydrogens is 350 g/mol. The highest BCUT2D eigenvalue weighted by Gasteiger charge is 2.59. The first-order chi connectivity index (χ1) is 13.0. The van der Waals surface area contributed by atoms with Gasteiger partial charge in [0.1, 0.15) is 12.6 Å². The average Bonchev–Trinajstić information content (AvgIpc) is 3.29. The van der Waals surface area contributed by atoms with Gasteiger partial charge in [0.15, 0.2) is 5.60 Å². The molecule has 28 heavy (non-hydrogen) atoms. The number of carboxylic acid groups (broad SMARTS) is 1. The lowest BCUT2D eigenvalue weighted by Gasteiger charge is -2.23. The van der Waals surface area contributed by atoms with Crippen LogP contribution in [-0.4, -0.2) is 42.3 Å². The third-order valence-corrected chi connectivity index (χ3v) is 4.66. The van der Waals surface area contributed by atoms with E-state index in [1.165, 1.54) is 11.1 Å². The lowest BCUT2D eigenvalue weighted by atomic mass is 9.97. The van der Waals surface area contributed by atoms with E-state index in [2.05, 4.69) is 77.5 Å². The highest BCUT2D eigenvalue weighted by molar-refractivity contribution is 5.81. The minimum Gasteiger partial charge on any atom is -0.479 e. The Morgan fingerprint density at radius 1 is 1.04 bits per heavy atom. The van der Waals surface area contributed by atoms with Gasteiger partial charge in [-0.15, -0.1) is 0 Å². The van der Waals surface area contributed by atoms with E-state index in [1.54, 1.807) is 6.92 Å². The average molecular weight is 385 g/mol. The number of hydrogen-bond donors (Lipinski definition) is 1. The standard InChI is InChI=1S/C14H18O3.C10H16N/c1-9(2)8-10-4-6-11(7-5-10)12-14(3,17-12)13(15)16;1-11(2,3)9-10-7-5-4-6-8-10/h4-7,9,12H,8H2,1-3H3,(H,15,16);4-8H,9H2,1-3H3/q;+1. The highest BCUT2D eigenvalue weighted by Crippen LogP contribution is 2.49. The van der Waals surface area contributed by atoms with Crippen molar-refractivity contribution in [3.05, 3.63) is 71.3 Å². The van der Waals surface area contributed by atoms with Crippen LogP contribution in [0.25, 0.3) is 0 Å². The van der Waals surface area contributed by atoms with Gasteiger partial charge in [0.2, 0.25) is 0 Å². The lowest BCUT2D eigenvalue weighted by Crippen LogP contribution is -2.33. The summed E-state index contributed by atoms with van der Waals surface area (Å²) in [6.07, 6.45) is 0.746. The number of benzene rings is 2. The number of nitrogens with zero attached hydrogens (tertiary/aromatic N) is 1. The van der Waals surface area contributed by atoms with E-state index in [4.69, 9.17) is 9.84 Å². The molecule has 1 aliphatic rings. The quantitative estimate of drug-likeness (QED) is 0.580. The summed E-state index contributed by atoms with van der Waals surface area (Å²) in [6, 6.07) is 18.6. The molecule has 2 atom stereocenters. The third kappa shape index (κ3) is 6.47. The molecule has 0 aromatic heterocycles. The first-order valence-corrected chi connectivity index (χ1v) is 9.85. The molecule has 152 valence electrons. The molecule has 0 saturated carbocycles. The zero-order valence-electron chi connectivity index (χ0n) is 18.0. The van der Waals surface area contributed by atoms with Crippen molar-refractivity contribution >= 4 is 5.97 Å². The molecule has 2 unspecified atom stereocenters. The second-order valence-corrected chi connectivity index (χ2v) is 9.18. The maximum absolute atomic E-state index is 11.0. The Bertz CT molecular complexity index is 763. The van der Waals surface area contributed by atoms with E-state index in [1.807, 2.05) is 12.1 Å². The lowest BCUT2D eigenvalue weighted by molar-refractivity contribution is -0.884. The number of hydrogen-bond acceptors (Lipinski definition) is 2. The third-order valence-electron chi connectivity index (χ3n) is 4.66. The Labute approximate surface area is 169 Å². The van der Waals surface area contributed by atoms with Gasteiger partial charge >= 0.3 is 5.97 Å². The summed E-state index contributed by atoms with van der Waals surface area (Å²) < 4.78 is 6.26. The van der Waals surface area contributed by atoms with E-state index in [0.29, 0.717) is 5.92 Å². The van der Waals surface area contributed by atoms with Crippen molar-refractivity contribution in [3.63, 3.8) is 0 Å². The Morgan fingerprint density at radius 3 is 2.04 bits per heavy atom. The molecule has 2 aromatic carbocycles. The molecule has 4 heteroatoms. The number of rotatable bonds is 6. The molecule has 1 heterocycles. The van der Waals surface area contributed by atoms with Gasteiger partial charge < -0.3 is 14.3 Å². The Kier molecular flexibility index (Phi) is 7.02. The predicted octanol–water partition coefficient (Wildman–Crippen LogP) is 4.69. The largest absolute Gasteiger partial charge is 0.479 e. The van der Waals surface area contributed by atoms with Crippen molar-refractivity contribution in [2.24, 2.45) is 5.92 Å². The fourth-order valence-corrected chi connectivity index (χ4v) is 3.19. The summed E-state index contributed by atoms with van der Waals surface area (Å²) in [5, 5.41) is 8.99. The van der Waals surface area contributed by atoms with Crippen LogP contribution in [-0.2, 0) is 22.5 Å². The van der Waals surface area contributed by atoms with Crippen molar-refractivity contribution in [1.29, 1.82) is 0 Å². The number of carboxylic acids is 1. The monoisotopic (exact) mass is 384 g/mol. The fourth-order valence-electron chi connectivity index (χ4n) is 3.19. The van der Waals surface area contributed by atoms with Crippen LogP contribution in [0.1, 0.15) is 43.6 Å². The number of carbonyl (C=O) groups is 1. The SMILES string of the molecule is CC(C)Cc1ccc(C2OC2(C)C(=O)O)cc1.C[N+](C)(C)Cc1ccccc1. The van der Waals surface area contributed by atoms with Gasteiger partial charge in [-0.2, -0.15) is 0 Å². The van der Waals surface area contributed by atoms with E-state index < -0.39 is 11.6 Å². The van der Waals surface area contributed by atoms with Crippen LogP contribution >= 0.6 is 0 Å². The summed E-state index contributed by atoms with van der Waals surface area (Å²) in [5.41, 5.74) is 2.60. The van der Waals surface area contributed by atoms with Crippen molar-refractivity contribution in [2.45, 2.75) is 45.4 Å². The molecule has 2 aromatic rings. The second kappa shape index (κ2) is 8.89. The van der Waals surface area contributed by atoms with Crippen molar-refractivity contribution in [2.75, 3.05) is 21.1 Å². The topological polar surface area (TPSA) is 49.8 Å². The first kappa shape index (κ1) is 22.1. The van der Waals surface area contributed by atoms with Gasteiger partial charge in [-0.1, -0.05) is 68.4 Å². The van der Waals surface area contributed by atoms with Crippen molar-refractivity contribution < 1.29 is 19.1 Å². The Morgan fingerprint density at radius 2 is 1.61 bits per heavy atom. The van der Waals surface area contributed by atoms with E-state index in [9.17, 15) is 4.79 Å². The summed E-state index contributed by atoms with van der Waals surface area (Å²) in [6.45, 7) is 7.07. The summed E-state index contributed by atoms with van der Waals surface area (Å²) in [4.78, 5) is 11.0. The number of epoxide rings is 1. The van der Waals surface area contributed by atoms with Crippen LogP contribution in [0.15, 0.2) is 54.6 Å². The summed E-state index contributed by atoms with van der Waals surface area (Å²) in [7, 11) is 6.60. The minimum absolute atomic E-state index is 0.298. The normalized spacial score (nSPS) is 21.0. The van der Waals surface area contributed by atoms with Gasteiger partial charge in [-0.25, -0.2) is 4.79 Å². The first-order valence-electron chi connectivity index (χ1n) is 9.85. The van der Waals surface area contributed by atoms with Gasteiger partial charge in [-0.3, -0.25) is 0 Å². The van der Waals surface area contributed by atoms with E-state index in [-0.39, 0.29) is 6.10 Å². The van der Waals surface area contributed by atoms with Crippen LogP contribution in [0, 0.1) is 5.92 Å². The number of ether oxygens (including phenoxy) is 1. The summed E-state index contributed by atoms with van der Waals surface area (Å²) >= 11 is 0. The molecule has 4 nitrogen and oxygen atoms in total. The molecule has 0 amide bonds. The van der Waals surface area contributed by atoms with Crippen LogP contribution in [0.5, 0.6) is 0 Å². The molecule has 0 spiro atoms. The summed E-state index contributed by atoms with van der Waals surface area (Å²) in [5.74, 6) is -0.268. The zero-order valence-corrected chi connectivity index (χ0v) is 18.0. The molecule has 1 aliphatic heterocycles. The van der Waals surface area contributed by atoms with Crippen LogP contribution < -0.4 is 0 Å². The molecule has 1 fully saturated rings. The molecule has 3 rings (SSSR count).